The van der Waals surface area contributed by atoms with Crippen molar-refractivity contribution in [3.8, 4) is 6.07 Å². The SMILES string of the molecule is N#Cc1c2c3ccccc3c3ccccc3c2cc2cccc[n+]12. The van der Waals surface area contributed by atoms with Crippen molar-refractivity contribution >= 4 is 37.8 Å². The second-order valence-corrected chi connectivity index (χ2v) is 5.98. The van der Waals surface area contributed by atoms with Gasteiger partial charge in [0.05, 0.1) is 5.39 Å². The van der Waals surface area contributed by atoms with Crippen LogP contribution in [0.5, 0.6) is 0 Å². The smallest absolute Gasteiger partial charge is 0.186 e. The first-order chi connectivity index (χ1) is 11.9. The molecule has 0 unspecified atom stereocenters. The average Bonchev–Trinajstić information content (AvgIpc) is 2.66. The molecule has 0 atom stereocenters. The predicted molar refractivity (Wildman–Crippen MR) is 96.8 cm³/mol. The van der Waals surface area contributed by atoms with Crippen molar-refractivity contribution in [1.82, 2.24) is 0 Å². The number of nitrogens with zero attached hydrogens (tertiary/aromatic N) is 2. The lowest BCUT2D eigenvalue weighted by Crippen LogP contribution is -2.25. The molecular formula is C22H13N2+. The Bertz CT molecular complexity index is 1310. The van der Waals surface area contributed by atoms with Gasteiger partial charge in [-0.05, 0) is 27.6 Å². The summed E-state index contributed by atoms with van der Waals surface area (Å²) in [5, 5.41) is 16.8. The summed E-state index contributed by atoms with van der Waals surface area (Å²) in [7, 11) is 0. The van der Waals surface area contributed by atoms with Gasteiger partial charge in [-0.15, -0.1) is 0 Å². The molecule has 3 aromatic carbocycles. The first-order valence-electron chi connectivity index (χ1n) is 7.95. The Kier molecular flexibility index (Phi) is 2.60. The fraction of sp³-hybridized carbons (Fsp3) is 0. The Balaban J connectivity index is 2.24. The van der Waals surface area contributed by atoms with E-state index in [-0.39, 0.29) is 0 Å². The first kappa shape index (κ1) is 13.0. The topological polar surface area (TPSA) is 27.9 Å². The van der Waals surface area contributed by atoms with Crippen LogP contribution in [0, 0.1) is 11.3 Å². The van der Waals surface area contributed by atoms with Crippen molar-refractivity contribution in [2.75, 3.05) is 0 Å². The highest BCUT2D eigenvalue weighted by molar-refractivity contribution is 6.26. The third-order valence-corrected chi connectivity index (χ3v) is 4.74. The molecule has 5 rings (SSSR count). The minimum Gasteiger partial charge on any atom is -0.186 e. The van der Waals surface area contributed by atoms with Gasteiger partial charge >= 0.3 is 0 Å². The van der Waals surface area contributed by atoms with Crippen LogP contribution in [-0.4, -0.2) is 0 Å². The number of fused-ring (bicyclic) bond motifs is 7. The normalized spacial score (nSPS) is 11.3. The fourth-order valence-corrected chi connectivity index (χ4v) is 3.73. The van der Waals surface area contributed by atoms with Gasteiger partial charge in [0, 0.05) is 23.6 Å². The van der Waals surface area contributed by atoms with E-state index in [1.165, 1.54) is 16.2 Å². The maximum atomic E-state index is 9.89. The molecule has 0 radical (unpaired) electrons. The van der Waals surface area contributed by atoms with E-state index in [1.807, 2.05) is 34.9 Å². The number of nitriles is 1. The van der Waals surface area contributed by atoms with E-state index >= 15 is 0 Å². The van der Waals surface area contributed by atoms with E-state index in [0.29, 0.717) is 5.69 Å². The van der Waals surface area contributed by atoms with Crippen LogP contribution in [0.15, 0.2) is 79.0 Å². The molecule has 0 amide bonds. The van der Waals surface area contributed by atoms with Gasteiger partial charge in [0.15, 0.2) is 12.3 Å². The largest absolute Gasteiger partial charge is 0.297 e. The van der Waals surface area contributed by atoms with Crippen molar-refractivity contribution in [3.63, 3.8) is 0 Å². The summed E-state index contributed by atoms with van der Waals surface area (Å²) < 4.78 is 1.98. The summed E-state index contributed by atoms with van der Waals surface area (Å²) in [6.45, 7) is 0. The molecule has 24 heavy (non-hydrogen) atoms. The number of rotatable bonds is 0. The minimum absolute atomic E-state index is 0.685. The maximum absolute atomic E-state index is 9.89. The molecule has 2 heterocycles. The van der Waals surface area contributed by atoms with Gasteiger partial charge in [0.2, 0.25) is 5.52 Å². The maximum Gasteiger partial charge on any atom is 0.297 e. The van der Waals surface area contributed by atoms with Gasteiger partial charge < -0.3 is 0 Å². The molecule has 5 aromatic rings. The van der Waals surface area contributed by atoms with Crippen LogP contribution in [0.3, 0.4) is 0 Å². The summed E-state index contributed by atoms with van der Waals surface area (Å²) in [6.07, 6.45) is 1.96. The van der Waals surface area contributed by atoms with E-state index in [4.69, 9.17) is 0 Å². The van der Waals surface area contributed by atoms with Crippen molar-refractivity contribution in [3.05, 3.63) is 84.7 Å². The molecule has 0 saturated heterocycles. The molecule has 0 aliphatic heterocycles. The third kappa shape index (κ3) is 1.61. The third-order valence-electron chi connectivity index (χ3n) is 4.74. The van der Waals surface area contributed by atoms with E-state index in [0.717, 1.165) is 21.7 Å². The second-order valence-electron chi connectivity index (χ2n) is 5.98. The summed E-state index contributed by atoms with van der Waals surface area (Å²) >= 11 is 0. The molecular weight excluding hydrogens is 292 g/mol. The predicted octanol–water partition coefficient (Wildman–Crippen LogP) is 4.76. The lowest BCUT2D eigenvalue weighted by Gasteiger charge is -2.10. The summed E-state index contributed by atoms with van der Waals surface area (Å²) in [4.78, 5) is 0. The molecule has 0 N–H and O–H groups in total. The molecule has 2 nitrogen and oxygen atoms in total. The Labute approximate surface area is 138 Å². The highest BCUT2D eigenvalue weighted by Crippen LogP contribution is 2.35. The Hall–Kier alpha value is -3.44. The van der Waals surface area contributed by atoms with E-state index in [1.54, 1.807) is 0 Å². The van der Waals surface area contributed by atoms with Crippen molar-refractivity contribution in [2.45, 2.75) is 0 Å². The molecule has 0 fully saturated rings. The lowest BCUT2D eigenvalue weighted by molar-refractivity contribution is -0.513. The first-order valence-corrected chi connectivity index (χ1v) is 7.95. The van der Waals surface area contributed by atoms with Crippen LogP contribution >= 0.6 is 0 Å². The van der Waals surface area contributed by atoms with Crippen molar-refractivity contribution in [2.24, 2.45) is 0 Å². The van der Waals surface area contributed by atoms with Crippen molar-refractivity contribution < 1.29 is 4.40 Å². The zero-order valence-electron chi connectivity index (χ0n) is 12.9. The Morgan fingerprint density at radius 3 is 1.96 bits per heavy atom. The summed E-state index contributed by atoms with van der Waals surface area (Å²) in [5.74, 6) is 0. The average molecular weight is 305 g/mol. The molecule has 0 saturated carbocycles. The Morgan fingerprint density at radius 2 is 1.25 bits per heavy atom. The van der Waals surface area contributed by atoms with Gasteiger partial charge in [0.1, 0.15) is 0 Å². The van der Waals surface area contributed by atoms with Crippen LogP contribution in [-0.2, 0) is 0 Å². The van der Waals surface area contributed by atoms with Gasteiger partial charge in [-0.3, -0.25) is 0 Å². The molecule has 2 heteroatoms. The van der Waals surface area contributed by atoms with Gasteiger partial charge in [0.25, 0.3) is 5.69 Å². The van der Waals surface area contributed by atoms with Crippen LogP contribution in [0.25, 0.3) is 37.8 Å². The van der Waals surface area contributed by atoms with Crippen LogP contribution in [0.2, 0.25) is 0 Å². The van der Waals surface area contributed by atoms with Gasteiger partial charge in [-0.25, -0.2) is 0 Å². The molecule has 2 aromatic heterocycles. The molecule has 0 aliphatic rings. The van der Waals surface area contributed by atoms with Crippen LogP contribution in [0.1, 0.15) is 5.69 Å². The second kappa shape index (κ2) is 4.78. The van der Waals surface area contributed by atoms with E-state index in [9.17, 15) is 5.26 Å². The molecule has 0 bridgehead atoms. The Morgan fingerprint density at radius 1 is 0.667 bits per heavy atom. The zero-order valence-corrected chi connectivity index (χ0v) is 12.9. The molecule has 0 spiro atoms. The van der Waals surface area contributed by atoms with Gasteiger partial charge in [-0.2, -0.15) is 9.66 Å². The minimum atomic E-state index is 0.685. The molecule has 110 valence electrons. The van der Waals surface area contributed by atoms with Crippen LogP contribution < -0.4 is 4.40 Å². The van der Waals surface area contributed by atoms with Crippen molar-refractivity contribution in [1.29, 1.82) is 5.26 Å². The zero-order chi connectivity index (χ0) is 16.1. The number of hydrogen-bond donors (Lipinski definition) is 0. The number of benzene rings is 3. The lowest BCUT2D eigenvalue weighted by atomic mass is 9.93. The summed E-state index contributed by atoms with van der Waals surface area (Å²) in [5.41, 5.74) is 1.71. The monoisotopic (exact) mass is 305 g/mol. The fourth-order valence-electron chi connectivity index (χ4n) is 3.73. The van der Waals surface area contributed by atoms with Gasteiger partial charge in [-0.1, -0.05) is 48.5 Å². The number of hydrogen-bond acceptors (Lipinski definition) is 1. The highest BCUT2D eigenvalue weighted by atomic mass is 14.9. The number of pyridine rings is 2. The van der Waals surface area contributed by atoms with E-state index in [2.05, 4.69) is 54.6 Å². The quantitative estimate of drug-likeness (QED) is 0.230. The van der Waals surface area contributed by atoms with Crippen LogP contribution in [0.4, 0.5) is 0 Å². The highest BCUT2D eigenvalue weighted by Gasteiger charge is 2.19. The van der Waals surface area contributed by atoms with E-state index < -0.39 is 0 Å². The number of aromatic nitrogens is 1. The molecule has 0 aliphatic carbocycles. The standard InChI is InChI=1S/C22H13N2/c23-14-21-22-19-11-4-3-9-17(19)16-8-1-2-10-18(16)20(22)13-15-7-5-6-12-24(15)21/h1-13H/q+1. The summed E-state index contributed by atoms with van der Waals surface area (Å²) in [6, 6.07) is 27.4.